The molecule has 0 bridgehead atoms. The third-order valence-electron chi connectivity index (χ3n) is 5.50. The first-order valence-corrected chi connectivity index (χ1v) is 10.1. The number of nitrogens with zero attached hydrogens (tertiary/aromatic N) is 3. The van der Waals surface area contributed by atoms with Gasteiger partial charge in [0.05, 0.1) is 14.2 Å². The maximum Gasteiger partial charge on any atom is 0.227 e. The van der Waals surface area contributed by atoms with Crippen LogP contribution in [0.15, 0.2) is 53.1 Å². The number of aromatic nitrogens is 2. The van der Waals surface area contributed by atoms with E-state index >= 15 is 0 Å². The zero-order valence-electron chi connectivity index (χ0n) is 17.0. The van der Waals surface area contributed by atoms with E-state index < -0.39 is 0 Å². The smallest absolute Gasteiger partial charge is 0.227 e. The Labute approximate surface area is 171 Å². The SMILES string of the molecule is COc1ccc(C2CCCN2CCCc2nc(-c3ccccc3)no2)c(OC)c1. The van der Waals surface area contributed by atoms with Gasteiger partial charge in [0.2, 0.25) is 11.7 Å². The topological polar surface area (TPSA) is 60.6 Å². The highest BCUT2D eigenvalue weighted by atomic mass is 16.5. The Kier molecular flexibility index (Phi) is 6.10. The van der Waals surface area contributed by atoms with Gasteiger partial charge in [0, 0.05) is 29.7 Å². The molecule has 1 saturated heterocycles. The first kappa shape index (κ1) is 19.5. The molecule has 3 aromatic rings. The minimum atomic E-state index is 0.374. The van der Waals surface area contributed by atoms with E-state index in [1.807, 2.05) is 42.5 Å². The van der Waals surface area contributed by atoms with E-state index in [0.717, 1.165) is 49.4 Å². The molecule has 6 nitrogen and oxygen atoms in total. The van der Waals surface area contributed by atoms with Crippen molar-refractivity contribution in [2.24, 2.45) is 0 Å². The number of likely N-dealkylation sites (tertiary alicyclic amines) is 1. The summed E-state index contributed by atoms with van der Waals surface area (Å²) in [5.41, 5.74) is 2.21. The molecule has 2 heterocycles. The van der Waals surface area contributed by atoms with E-state index in [2.05, 4.69) is 21.1 Å². The minimum Gasteiger partial charge on any atom is -0.497 e. The third kappa shape index (κ3) is 4.43. The van der Waals surface area contributed by atoms with Gasteiger partial charge >= 0.3 is 0 Å². The lowest BCUT2D eigenvalue weighted by Crippen LogP contribution is -2.25. The van der Waals surface area contributed by atoms with E-state index in [1.165, 1.54) is 12.0 Å². The third-order valence-corrected chi connectivity index (χ3v) is 5.50. The highest BCUT2D eigenvalue weighted by Crippen LogP contribution is 2.38. The molecule has 1 aromatic heterocycles. The van der Waals surface area contributed by atoms with Gasteiger partial charge in [-0.2, -0.15) is 4.98 Å². The van der Waals surface area contributed by atoms with Crippen molar-refractivity contribution in [3.63, 3.8) is 0 Å². The molecule has 29 heavy (non-hydrogen) atoms. The number of methoxy groups -OCH3 is 2. The molecule has 0 aliphatic carbocycles. The summed E-state index contributed by atoms with van der Waals surface area (Å²) in [5.74, 6) is 3.07. The van der Waals surface area contributed by atoms with E-state index in [0.29, 0.717) is 17.8 Å². The number of hydrogen-bond donors (Lipinski definition) is 0. The molecule has 152 valence electrons. The van der Waals surface area contributed by atoms with E-state index in [1.54, 1.807) is 14.2 Å². The van der Waals surface area contributed by atoms with Crippen LogP contribution in [0.2, 0.25) is 0 Å². The molecule has 1 aliphatic heterocycles. The van der Waals surface area contributed by atoms with Crippen LogP contribution in [0, 0.1) is 0 Å². The highest BCUT2D eigenvalue weighted by Gasteiger charge is 2.28. The number of ether oxygens (including phenoxy) is 2. The monoisotopic (exact) mass is 393 g/mol. The van der Waals surface area contributed by atoms with Gasteiger partial charge in [-0.1, -0.05) is 41.6 Å². The summed E-state index contributed by atoms with van der Waals surface area (Å²) in [6.45, 7) is 2.09. The second-order valence-electron chi connectivity index (χ2n) is 7.28. The quantitative estimate of drug-likeness (QED) is 0.561. The van der Waals surface area contributed by atoms with Gasteiger partial charge in [-0.05, 0) is 38.4 Å². The van der Waals surface area contributed by atoms with Crippen LogP contribution >= 0.6 is 0 Å². The summed E-state index contributed by atoms with van der Waals surface area (Å²) in [4.78, 5) is 7.06. The predicted octanol–water partition coefficient (Wildman–Crippen LogP) is 4.52. The van der Waals surface area contributed by atoms with E-state index in [4.69, 9.17) is 14.0 Å². The molecular formula is C23H27N3O3. The van der Waals surface area contributed by atoms with Crippen molar-refractivity contribution in [1.82, 2.24) is 15.0 Å². The molecule has 6 heteroatoms. The maximum atomic E-state index is 5.63. The predicted molar refractivity (Wildman–Crippen MR) is 111 cm³/mol. The Morgan fingerprint density at radius 2 is 1.97 bits per heavy atom. The molecule has 1 fully saturated rings. The molecule has 0 amide bonds. The average molecular weight is 393 g/mol. The Hall–Kier alpha value is -2.86. The molecule has 0 saturated carbocycles. The van der Waals surface area contributed by atoms with Crippen LogP contribution < -0.4 is 9.47 Å². The Bertz CT molecular complexity index is 926. The van der Waals surface area contributed by atoms with Crippen LogP contribution in [0.4, 0.5) is 0 Å². The molecule has 1 atom stereocenters. The summed E-state index contributed by atoms with van der Waals surface area (Å²) >= 11 is 0. The Morgan fingerprint density at radius 1 is 1.10 bits per heavy atom. The number of hydrogen-bond acceptors (Lipinski definition) is 6. The van der Waals surface area contributed by atoms with Crippen LogP contribution in [0.5, 0.6) is 11.5 Å². The van der Waals surface area contributed by atoms with Crippen LogP contribution in [0.3, 0.4) is 0 Å². The van der Waals surface area contributed by atoms with E-state index in [9.17, 15) is 0 Å². The van der Waals surface area contributed by atoms with Crippen LogP contribution in [-0.2, 0) is 6.42 Å². The molecule has 0 N–H and O–H groups in total. The largest absolute Gasteiger partial charge is 0.497 e. The van der Waals surface area contributed by atoms with Gasteiger partial charge in [-0.15, -0.1) is 0 Å². The molecule has 2 aromatic carbocycles. The van der Waals surface area contributed by atoms with Gasteiger partial charge in [0.15, 0.2) is 0 Å². The Balaban J connectivity index is 1.37. The summed E-state index contributed by atoms with van der Waals surface area (Å²) < 4.78 is 16.4. The van der Waals surface area contributed by atoms with Crippen LogP contribution in [-0.4, -0.2) is 42.3 Å². The first-order valence-electron chi connectivity index (χ1n) is 10.1. The van der Waals surface area contributed by atoms with Crippen LogP contribution in [0.1, 0.15) is 36.8 Å². The summed E-state index contributed by atoms with van der Waals surface area (Å²) in [7, 11) is 3.40. The van der Waals surface area contributed by atoms with Crippen molar-refractivity contribution in [3.8, 4) is 22.9 Å². The Morgan fingerprint density at radius 3 is 2.76 bits per heavy atom. The van der Waals surface area contributed by atoms with Crippen molar-refractivity contribution >= 4 is 0 Å². The lowest BCUT2D eigenvalue weighted by atomic mass is 10.0. The van der Waals surface area contributed by atoms with Gasteiger partial charge in [0.25, 0.3) is 0 Å². The molecule has 4 rings (SSSR count). The highest BCUT2D eigenvalue weighted by molar-refractivity contribution is 5.53. The molecule has 0 spiro atoms. The average Bonchev–Trinajstić information content (AvgIpc) is 3.44. The molecule has 1 aliphatic rings. The van der Waals surface area contributed by atoms with Crippen molar-refractivity contribution < 1.29 is 14.0 Å². The summed E-state index contributed by atoms with van der Waals surface area (Å²) in [5, 5.41) is 4.11. The normalized spacial score (nSPS) is 16.8. The standard InChI is InChI=1S/C23H27N3O3/c1-27-18-12-13-19(21(16-18)28-2)20-10-6-14-26(20)15-7-11-22-24-23(25-29-22)17-8-4-3-5-9-17/h3-5,8-9,12-13,16,20H,6-7,10-11,14-15H2,1-2H3. The van der Waals surface area contributed by atoms with E-state index in [-0.39, 0.29) is 0 Å². The number of rotatable bonds is 8. The second-order valence-corrected chi connectivity index (χ2v) is 7.28. The van der Waals surface area contributed by atoms with Crippen molar-refractivity contribution in [2.45, 2.75) is 31.7 Å². The lowest BCUT2D eigenvalue weighted by Gasteiger charge is -2.26. The number of benzene rings is 2. The minimum absolute atomic E-state index is 0.374. The molecule has 0 radical (unpaired) electrons. The molecular weight excluding hydrogens is 366 g/mol. The van der Waals surface area contributed by atoms with Crippen molar-refractivity contribution in [2.75, 3.05) is 27.3 Å². The van der Waals surface area contributed by atoms with Gasteiger partial charge in [-0.25, -0.2) is 0 Å². The molecule has 1 unspecified atom stereocenters. The zero-order valence-corrected chi connectivity index (χ0v) is 17.0. The van der Waals surface area contributed by atoms with Crippen molar-refractivity contribution in [3.05, 3.63) is 60.0 Å². The summed E-state index contributed by atoms with van der Waals surface area (Å²) in [6.07, 6.45) is 4.09. The van der Waals surface area contributed by atoms with Gasteiger partial charge < -0.3 is 14.0 Å². The first-order chi connectivity index (χ1) is 14.3. The fourth-order valence-electron chi connectivity index (χ4n) is 4.03. The second kappa shape index (κ2) is 9.09. The van der Waals surface area contributed by atoms with Crippen molar-refractivity contribution in [1.29, 1.82) is 0 Å². The summed E-state index contributed by atoms with van der Waals surface area (Å²) in [6, 6.07) is 16.4. The maximum absolute atomic E-state index is 5.63. The lowest BCUT2D eigenvalue weighted by molar-refractivity contribution is 0.244. The fourth-order valence-corrected chi connectivity index (χ4v) is 4.03. The van der Waals surface area contributed by atoms with Crippen LogP contribution in [0.25, 0.3) is 11.4 Å². The fraction of sp³-hybridized carbons (Fsp3) is 0.391. The van der Waals surface area contributed by atoms with Gasteiger partial charge in [0.1, 0.15) is 11.5 Å². The van der Waals surface area contributed by atoms with Gasteiger partial charge in [-0.3, -0.25) is 4.90 Å². The zero-order chi connectivity index (χ0) is 20.1. The number of aryl methyl sites for hydroxylation is 1.